The summed E-state index contributed by atoms with van der Waals surface area (Å²) in [6.45, 7) is 6.05. The zero-order valence-electron chi connectivity index (χ0n) is 20.3. The molecule has 35 heavy (non-hydrogen) atoms. The van der Waals surface area contributed by atoms with Crippen LogP contribution in [-0.2, 0) is 10.2 Å². The van der Waals surface area contributed by atoms with Gasteiger partial charge in [0.05, 0.1) is 5.41 Å². The zero-order valence-corrected chi connectivity index (χ0v) is 21.0. The van der Waals surface area contributed by atoms with Gasteiger partial charge in [0.1, 0.15) is 17.6 Å². The first-order valence-electron chi connectivity index (χ1n) is 12.0. The summed E-state index contributed by atoms with van der Waals surface area (Å²) < 4.78 is 6.12. The van der Waals surface area contributed by atoms with Gasteiger partial charge in [-0.25, -0.2) is 0 Å². The van der Waals surface area contributed by atoms with Gasteiger partial charge in [0, 0.05) is 29.7 Å². The molecule has 0 bridgehead atoms. The fourth-order valence-electron chi connectivity index (χ4n) is 5.14. The largest absolute Gasteiger partial charge is 0.508 e. The smallest absolute Gasteiger partial charge is 0.232 e. The van der Waals surface area contributed by atoms with E-state index in [9.17, 15) is 9.90 Å². The van der Waals surface area contributed by atoms with Crippen molar-refractivity contribution in [1.29, 1.82) is 0 Å². The number of phenolic OH excluding ortho intramolecular Hbond substituents is 1. The maximum Gasteiger partial charge on any atom is 0.232 e. The van der Waals surface area contributed by atoms with Crippen molar-refractivity contribution in [2.45, 2.75) is 50.2 Å². The van der Waals surface area contributed by atoms with Crippen LogP contribution in [0, 0.1) is 0 Å². The molecule has 1 aliphatic rings. The topological polar surface area (TPSA) is 75.8 Å². The summed E-state index contributed by atoms with van der Waals surface area (Å²) in [4.78, 5) is 15.5. The van der Waals surface area contributed by atoms with Crippen molar-refractivity contribution in [2.24, 2.45) is 5.73 Å². The lowest BCUT2D eigenvalue weighted by Gasteiger charge is -2.40. The minimum atomic E-state index is -0.909. The number of hydrogen-bond acceptors (Lipinski definition) is 4. The van der Waals surface area contributed by atoms with Crippen molar-refractivity contribution in [3.05, 3.63) is 95.0 Å². The molecular weight excluding hydrogens is 460 g/mol. The Kier molecular flexibility index (Phi) is 7.39. The molecule has 3 aromatic carbocycles. The second kappa shape index (κ2) is 10.3. The molecule has 5 nitrogen and oxygen atoms in total. The van der Waals surface area contributed by atoms with Gasteiger partial charge in [-0.3, -0.25) is 9.69 Å². The van der Waals surface area contributed by atoms with Gasteiger partial charge in [0.15, 0.2) is 0 Å². The molecule has 3 N–H and O–H groups in total. The minimum absolute atomic E-state index is 0.00344. The van der Waals surface area contributed by atoms with Crippen LogP contribution >= 0.6 is 11.6 Å². The fraction of sp³-hybridized carbons (Fsp3) is 0.345. The number of benzene rings is 3. The Morgan fingerprint density at radius 3 is 2.17 bits per heavy atom. The summed E-state index contributed by atoms with van der Waals surface area (Å²) in [5, 5.41) is 10.3. The van der Waals surface area contributed by atoms with Crippen molar-refractivity contribution in [3.8, 4) is 11.5 Å². The van der Waals surface area contributed by atoms with Gasteiger partial charge < -0.3 is 15.6 Å². The van der Waals surface area contributed by atoms with E-state index < -0.39 is 5.41 Å². The third-order valence-electron chi connectivity index (χ3n) is 7.23. The van der Waals surface area contributed by atoms with Crippen LogP contribution in [0.25, 0.3) is 0 Å². The summed E-state index contributed by atoms with van der Waals surface area (Å²) in [7, 11) is 0. The van der Waals surface area contributed by atoms with Crippen LogP contribution in [0.4, 0.5) is 0 Å². The molecule has 1 saturated heterocycles. The van der Waals surface area contributed by atoms with Gasteiger partial charge in [-0.2, -0.15) is 0 Å². The van der Waals surface area contributed by atoms with Crippen molar-refractivity contribution >= 4 is 17.5 Å². The summed E-state index contributed by atoms with van der Waals surface area (Å²) in [5.41, 5.74) is 6.89. The van der Waals surface area contributed by atoms with E-state index in [0.29, 0.717) is 17.2 Å². The van der Waals surface area contributed by atoms with Crippen LogP contribution < -0.4 is 10.5 Å². The number of carbonyl (C=O) groups is 1. The highest BCUT2D eigenvalue weighted by Crippen LogP contribution is 2.40. The predicted octanol–water partition coefficient (Wildman–Crippen LogP) is 5.53. The molecule has 0 aromatic heterocycles. The molecule has 6 heteroatoms. The first-order chi connectivity index (χ1) is 16.7. The van der Waals surface area contributed by atoms with Crippen LogP contribution in [0.15, 0.2) is 78.9 Å². The quantitative estimate of drug-likeness (QED) is 0.412. The van der Waals surface area contributed by atoms with E-state index >= 15 is 0 Å². The molecular formula is C29H33ClN2O3. The normalized spacial score (nSPS) is 16.8. The van der Waals surface area contributed by atoms with Gasteiger partial charge in [0.25, 0.3) is 0 Å². The second-order valence-electron chi connectivity index (χ2n) is 9.93. The van der Waals surface area contributed by atoms with Crippen LogP contribution in [0.1, 0.15) is 44.2 Å². The number of hydrogen-bond donors (Lipinski definition) is 2. The summed E-state index contributed by atoms with van der Waals surface area (Å²) >= 11 is 6.06. The van der Waals surface area contributed by atoms with Crippen molar-refractivity contribution in [3.63, 3.8) is 0 Å². The van der Waals surface area contributed by atoms with Gasteiger partial charge in [-0.15, -0.1) is 0 Å². The molecule has 0 saturated carbocycles. The van der Waals surface area contributed by atoms with Crippen LogP contribution in [0.2, 0.25) is 5.02 Å². The molecule has 1 fully saturated rings. The molecule has 1 aliphatic heterocycles. The Bertz CT molecular complexity index is 1090. The Labute approximate surface area is 212 Å². The molecule has 3 aromatic rings. The van der Waals surface area contributed by atoms with Gasteiger partial charge in [-0.1, -0.05) is 72.3 Å². The lowest BCUT2D eigenvalue weighted by atomic mass is 9.69. The molecule has 1 atom stereocenters. The van der Waals surface area contributed by atoms with E-state index in [2.05, 4.69) is 18.7 Å². The summed E-state index contributed by atoms with van der Waals surface area (Å²) in [5.74, 6) is 0.321. The van der Waals surface area contributed by atoms with Gasteiger partial charge in [0.2, 0.25) is 5.91 Å². The average Bonchev–Trinajstić information content (AvgIpc) is 3.29. The molecule has 184 valence electrons. The standard InChI is InChI=1S/C29H33ClN2O3/c1-28(2,32-16-13-25(20-32)35-26-18-23(30)17-24(33)19-26)14-15-29(27(31)34,21-9-5-3-6-10-21)22-11-7-4-8-12-22/h3-12,17-19,25,33H,13-16,20H2,1-2H3,(H2,31,34)/t25-/m0/s1. The highest BCUT2D eigenvalue weighted by Gasteiger charge is 2.43. The third-order valence-corrected chi connectivity index (χ3v) is 7.44. The van der Waals surface area contributed by atoms with Crippen molar-refractivity contribution in [2.75, 3.05) is 13.1 Å². The lowest BCUT2D eigenvalue weighted by molar-refractivity contribution is -0.122. The molecule has 0 radical (unpaired) electrons. The number of likely N-dealkylation sites (tertiary alicyclic amines) is 1. The number of amides is 1. The minimum Gasteiger partial charge on any atom is -0.508 e. The van der Waals surface area contributed by atoms with Crippen LogP contribution in [0.5, 0.6) is 11.5 Å². The first kappa shape index (κ1) is 25.1. The van der Waals surface area contributed by atoms with E-state index in [1.165, 1.54) is 6.07 Å². The lowest BCUT2D eigenvalue weighted by Crippen LogP contribution is -2.47. The van der Waals surface area contributed by atoms with E-state index in [4.69, 9.17) is 22.1 Å². The average molecular weight is 493 g/mol. The summed E-state index contributed by atoms with van der Waals surface area (Å²) in [6, 6.07) is 24.5. The van der Waals surface area contributed by atoms with E-state index in [1.54, 1.807) is 12.1 Å². The van der Waals surface area contributed by atoms with Crippen molar-refractivity contribution in [1.82, 2.24) is 4.90 Å². The number of aromatic hydroxyl groups is 1. The van der Waals surface area contributed by atoms with Gasteiger partial charge >= 0.3 is 0 Å². The highest BCUT2D eigenvalue weighted by molar-refractivity contribution is 6.30. The van der Waals surface area contributed by atoms with Crippen LogP contribution in [0.3, 0.4) is 0 Å². The predicted molar refractivity (Wildman–Crippen MR) is 140 cm³/mol. The number of halogens is 1. The molecule has 0 spiro atoms. The number of primary amides is 1. The van der Waals surface area contributed by atoms with E-state index in [-0.39, 0.29) is 23.3 Å². The third kappa shape index (κ3) is 5.47. The Morgan fingerprint density at radius 1 is 1.03 bits per heavy atom. The maximum absolute atomic E-state index is 13.1. The Balaban J connectivity index is 1.52. The molecule has 0 unspecified atom stereocenters. The number of nitrogens with zero attached hydrogens (tertiary/aromatic N) is 1. The highest BCUT2D eigenvalue weighted by atomic mass is 35.5. The number of rotatable bonds is 9. The zero-order chi connectivity index (χ0) is 25.1. The second-order valence-corrected chi connectivity index (χ2v) is 10.4. The molecule has 1 amide bonds. The summed E-state index contributed by atoms with van der Waals surface area (Å²) in [6.07, 6.45) is 2.23. The molecule has 0 aliphatic carbocycles. The SMILES string of the molecule is CC(C)(CCC(C(N)=O)(c1ccccc1)c1ccccc1)N1CC[C@H](Oc2cc(O)cc(Cl)c2)C1. The van der Waals surface area contributed by atoms with E-state index in [0.717, 1.165) is 37.1 Å². The Hall–Kier alpha value is -3.02. The van der Waals surface area contributed by atoms with Crippen LogP contribution in [-0.4, -0.2) is 40.6 Å². The molecule has 4 rings (SSSR count). The van der Waals surface area contributed by atoms with E-state index in [1.807, 2.05) is 60.7 Å². The number of carbonyl (C=O) groups excluding carboxylic acids is 1. The van der Waals surface area contributed by atoms with Gasteiger partial charge in [-0.05, 0) is 56.4 Å². The fourth-order valence-corrected chi connectivity index (χ4v) is 5.36. The number of phenols is 1. The first-order valence-corrected chi connectivity index (χ1v) is 12.4. The maximum atomic E-state index is 13.1. The monoisotopic (exact) mass is 492 g/mol. The number of ether oxygens (including phenoxy) is 1. The van der Waals surface area contributed by atoms with Crippen molar-refractivity contribution < 1.29 is 14.6 Å². The Morgan fingerprint density at radius 2 is 1.63 bits per heavy atom. The molecule has 1 heterocycles. The number of nitrogens with two attached hydrogens (primary N) is 1.